The van der Waals surface area contributed by atoms with Crippen LogP contribution in [0.2, 0.25) is 0 Å². The Morgan fingerprint density at radius 1 is 1.20 bits per heavy atom. The Labute approximate surface area is 168 Å². The Hall–Kier alpha value is -0.610. The van der Waals surface area contributed by atoms with E-state index in [9.17, 15) is 4.79 Å². The summed E-state index contributed by atoms with van der Waals surface area (Å²) in [6.45, 7) is 4.12. The van der Waals surface area contributed by atoms with Gasteiger partial charge in [0, 0.05) is 40.0 Å². The minimum atomic E-state index is -0.362. The van der Waals surface area contributed by atoms with Crippen LogP contribution >= 0.6 is 24.0 Å². The first-order valence-electron chi connectivity index (χ1n) is 9.09. The molecule has 1 heterocycles. The van der Waals surface area contributed by atoms with Crippen molar-refractivity contribution in [3.8, 4) is 0 Å². The molecule has 2 aliphatic rings. The minimum absolute atomic E-state index is 0. The minimum Gasteiger partial charge on any atom is -0.357 e. The number of ether oxygens (including phenoxy) is 2. The van der Waals surface area contributed by atoms with E-state index in [0.717, 1.165) is 19.4 Å². The topological polar surface area (TPSA) is 75.2 Å². The highest BCUT2D eigenvalue weighted by molar-refractivity contribution is 14.0. The molecule has 2 fully saturated rings. The summed E-state index contributed by atoms with van der Waals surface area (Å²) >= 11 is 0. The highest BCUT2D eigenvalue weighted by atomic mass is 127. The van der Waals surface area contributed by atoms with Gasteiger partial charge in [0.15, 0.2) is 11.7 Å². The molecule has 1 atom stereocenters. The van der Waals surface area contributed by atoms with Crippen molar-refractivity contribution < 1.29 is 14.3 Å². The fourth-order valence-corrected chi connectivity index (χ4v) is 3.09. The van der Waals surface area contributed by atoms with Crippen LogP contribution in [0, 0.1) is 0 Å². The molecule has 1 spiro atoms. The van der Waals surface area contributed by atoms with Crippen molar-refractivity contribution >= 4 is 35.8 Å². The van der Waals surface area contributed by atoms with Gasteiger partial charge in [0.05, 0.1) is 6.61 Å². The summed E-state index contributed by atoms with van der Waals surface area (Å²) in [5.74, 6) is 0.252. The number of hydrogen-bond donors (Lipinski definition) is 2. The van der Waals surface area contributed by atoms with Crippen molar-refractivity contribution in [1.29, 1.82) is 0 Å². The number of nitrogens with one attached hydrogen (secondary N) is 2. The van der Waals surface area contributed by atoms with Gasteiger partial charge in [0.1, 0.15) is 12.6 Å². The van der Waals surface area contributed by atoms with E-state index in [2.05, 4.69) is 15.6 Å². The summed E-state index contributed by atoms with van der Waals surface area (Å²) in [7, 11) is 3.46. The van der Waals surface area contributed by atoms with Gasteiger partial charge in [-0.3, -0.25) is 4.79 Å². The second kappa shape index (κ2) is 11.2. The van der Waals surface area contributed by atoms with Gasteiger partial charge >= 0.3 is 0 Å². The lowest BCUT2D eigenvalue weighted by Crippen LogP contribution is -2.43. The van der Waals surface area contributed by atoms with Crippen molar-refractivity contribution in [2.45, 2.75) is 57.3 Å². The Bertz CT molecular complexity index is 438. The molecule has 0 bridgehead atoms. The van der Waals surface area contributed by atoms with Crippen molar-refractivity contribution in [2.24, 2.45) is 4.99 Å². The number of aliphatic imine (C=N–C) groups is 1. The van der Waals surface area contributed by atoms with Crippen LogP contribution in [0.15, 0.2) is 4.99 Å². The number of amides is 1. The Morgan fingerprint density at radius 3 is 2.48 bits per heavy atom. The number of rotatable bonds is 5. The predicted octanol–water partition coefficient (Wildman–Crippen LogP) is 1.71. The van der Waals surface area contributed by atoms with E-state index < -0.39 is 0 Å². The molecule has 0 aromatic heterocycles. The molecular formula is C17H33IN4O3. The third kappa shape index (κ3) is 7.26. The number of carbonyl (C=O) groups excluding carboxylic acids is 1. The number of nitrogens with zero attached hydrogens (tertiary/aromatic N) is 2. The predicted molar refractivity (Wildman–Crippen MR) is 109 cm³/mol. The molecule has 146 valence electrons. The monoisotopic (exact) mass is 468 g/mol. The number of carbonyl (C=O) groups is 1. The van der Waals surface area contributed by atoms with Crippen LogP contribution in [0.5, 0.6) is 0 Å². The second-order valence-corrected chi connectivity index (χ2v) is 6.74. The van der Waals surface area contributed by atoms with E-state index in [0.29, 0.717) is 19.1 Å². The molecule has 0 aromatic rings. The van der Waals surface area contributed by atoms with Gasteiger partial charge in [0.25, 0.3) is 0 Å². The molecule has 7 nitrogen and oxygen atoms in total. The largest absolute Gasteiger partial charge is 0.357 e. The molecule has 1 saturated carbocycles. The van der Waals surface area contributed by atoms with Crippen LogP contribution in [0.25, 0.3) is 0 Å². The third-order valence-corrected chi connectivity index (χ3v) is 4.49. The summed E-state index contributed by atoms with van der Waals surface area (Å²) in [5, 5.41) is 6.41. The lowest BCUT2D eigenvalue weighted by molar-refractivity contribution is -0.175. The molecule has 1 aliphatic carbocycles. The van der Waals surface area contributed by atoms with Crippen molar-refractivity contribution in [3.63, 3.8) is 0 Å². The van der Waals surface area contributed by atoms with E-state index in [4.69, 9.17) is 9.47 Å². The molecule has 1 unspecified atom stereocenters. The van der Waals surface area contributed by atoms with E-state index in [1.54, 1.807) is 14.1 Å². The Kier molecular flexibility index (Phi) is 10.0. The van der Waals surface area contributed by atoms with Crippen LogP contribution < -0.4 is 10.6 Å². The van der Waals surface area contributed by atoms with Gasteiger partial charge in [-0.2, -0.15) is 0 Å². The molecule has 1 aliphatic heterocycles. The number of guanidine groups is 1. The quantitative estimate of drug-likeness (QED) is 0.365. The van der Waals surface area contributed by atoms with Crippen LogP contribution in [0.3, 0.4) is 0 Å². The molecule has 8 heteroatoms. The molecule has 1 saturated heterocycles. The lowest BCUT2D eigenvalue weighted by Gasteiger charge is -2.26. The molecule has 0 radical (unpaired) electrons. The summed E-state index contributed by atoms with van der Waals surface area (Å²) in [6, 6.07) is 0. The van der Waals surface area contributed by atoms with Crippen molar-refractivity contribution in [3.05, 3.63) is 0 Å². The lowest BCUT2D eigenvalue weighted by atomic mass is 10.1. The molecule has 0 aromatic carbocycles. The fourth-order valence-electron chi connectivity index (χ4n) is 3.09. The number of hydrogen-bond acceptors (Lipinski definition) is 4. The SMILES string of the molecule is CCNC(=NCC(=O)N(C)C)NCC1COC2(CCCCCC2)O1.I. The maximum atomic E-state index is 11.7. The van der Waals surface area contributed by atoms with Crippen LogP contribution in [0.1, 0.15) is 45.4 Å². The maximum absolute atomic E-state index is 11.7. The first kappa shape index (κ1) is 22.4. The Morgan fingerprint density at radius 2 is 1.88 bits per heavy atom. The highest BCUT2D eigenvalue weighted by Crippen LogP contribution is 2.36. The molecular weight excluding hydrogens is 435 g/mol. The van der Waals surface area contributed by atoms with Crippen LogP contribution in [0.4, 0.5) is 0 Å². The number of halogens is 1. The summed E-state index contributed by atoms with van der Waals surface area (Å²) < 4.78 is 12.2. The van der Waals surface area contributed by atoms with Crippen LogP contribution in [-0.4, -0.2) is 69.0 Å². The first-order valence-corrected chi connectivity index (χ1v) is 9.09. The smallest absolute Gasteiger partial charge is 0.243 e. The van der Waals surface area contributed by atoms with Gasteiger partial charge < -0.3 is 25.0 Å². The van der Waals surface area contributed by atoms with Gasteiger partial charge in [-0.1, -0.05) is 12.8 Å². The Balaban J connectivity index is 0.00000312. The maximum Gasteiger partial charge on any atom is 0.243 e. The van der Waals surface area contributed by atoms with Gasteiger partial charge in [0.2, 0.25) is 5.91 Å². The van der Waals surface area contributed by atoms with Gasteiger partial charge in [-0.05, 0) is 19.8 Å². The summed E-state index contributed by atoms with van der Waals surface area (Å²) in [5.41, 5.74) is 0. The van der Waals surface area contributed by atoms with E-state index in [-0.39, 0.29) is 48.3 Å². The molecule has 25 heavy (non-hydrogen) atoms. The van der Waals surface area contributed by atoms with E-state index in [1.165, 1.54) is 30.6 Å². The number of likely N-dealkylation sites (N-methyl/N-ethyl adjacent to an activating group) is 1. The van der Waals surface area contributed by atoms with Gasteiger partial charge in [-0.25, -0.2) is 4.99 Å². The van der Waals surface area contributed by atoms with E-state index >= 15 is 0 Å². The van der Waals surface area contributed by atoms with Crippen molar-refractivity contribution in [1.82, 2.24) is 15.5 Å². The summed E-state index contributed by atoms with van der Waals surface area (Å²) in [4.78, 5) is 17.5. The standard InChI is InChI=1S/C17H32N4O3.HI/c1-4-18-16(20-12-15(22)21(2)3)19-11-14-13-23-17(24-14)9-7-5-6-8-10-17;/h14H,4-13H2,1-3H3,(H2,18,19,20);1H. The third-order valence-electron chi connectivity index (χ3n) is 4.49. The van der Waals surface area contributed by atoms with E-state index in [1.807, 2.05) is 6.92 Å². The highest BCUT2D eigenvalue weighted by Gasteiger charge is 2.41. The van der Waals surface area contributed by atoms with Crippen LogP contribution in [-0.2, 0) is 14.3 Å². The second-order valence-electron chi connectivity index (χ2n) is 6.74. The first-order chi connectivity index (χ1) is 11.5. The zero-order valence-corrected chi connectivity index (χ0v) is 18.0. The zero-order chi connectivity index (χ0) is 17.4. The fraction of sp³-hybridized carbons (Fsp3) is 0.882. The molecule has 1 amide bonds. The zero-order valence-electron chi connectivity index (χ0n) is 15.7. The molecule has 2 rings (SSSR count). The molecule has 2 N–H and O–H groups in total. The average Bonchev–Trinajstić information content (AvgIpc) is 2.81. The van der Waals surface area contributed by atoms with Crippen molar-refractivity contribution in [2.75, 3.05) is 40.3 Å². The van der Waals surface area contributed by atoms with Gasteiger partial charge in [-0.15, -0.1) is 24.0 Å². The summed E-state index contributed by atoms with van der Waals surface area (Å²) in [6.07, 6.45) is 6.91. The normalized spacial score (nSPS) is 22.8. The average molecular weight is 468 g/mol.